The summed E-state index contributed by atoms with van der Waals surface area (Å²) in [5, 5.41) is 4.82. The number of carbonyl (C=O) groups excluding carboxylic acids is 1. The van der Waals surface area contributed by atoms with Crippen molar-refractivity contribution in [2.24, 2.45) is 0 Å². The molecule has 138 valence electrons. The molecule has 8 heteroatoms. The van der Waals surface area contributed by atoms with Crippen LogP contribution in [-0.2, 0) is 14.8 Å². The van der Waals surface area contributed by atoms with Gasteiger partial charge in [-0.1, -0.05) is 47.5 Å². The van der Waals surface area contributed by atoms with E-state index in [1.165, 1.54) is 13.0 Å². The van der Waals surface area contributed by atoms with Crippen LogP contribution in [0.5, 0.6) is 0 Å². The van der Waals surface area contributed by atoms with Gasteiger partial charge < -0.3 is 5.32 Å². The number of carbonyl (C=O) groups is 1. The van der Waals surface area contributed by atoms with Crippen LogP contribution in [0.3, 0.4) is 0 Å². The minimum Gasteiger partial charge on any atom is -0.323 e. The molecule has 1 aliphatic rings. The minimum absolute atomic E-state index is 0.205. The first-order chi connectivity index (χ1) is 12.8. The summed E-state index contributed by atoms with van der Waals surface area (Å²) in [6.45, 7) is 1.54. The van der Waals surface area contributed by atoms with Crippen molar-refractivity contribution in [3.63, 3.8) is 0 Å². The molecule has 1 aliphatic heterocycles. The highest BCUT2D eigenvalue weighted by Gasteiger charge is 2.40. The molecular weight excluding hydrogens is 407 g/mol. The van der Waals surface area contributed by atoms with E-state index < -0.39 is 22.0 Å². The molecule has 0 saturated heterocycles. The van der Waals surface area contributed by atoms with Gasteiger partial charge in [0.2, 0.25) is 5.91 Å². The summed E-state index contributed by atoms with van der Waals surface area (Å²) in [5.41, 5.74) is 0.816. The molecule has 1 N–H and O–H groups in total. The number of nitrogens with zero attached hydrogens (tertiary/aromatic N) is 1. The summed E-state index contributed by atoms with van der Waals surface area (Å²) >= 11 is 12.0. The average Bonchev–Trinajstić information content (AvgIpc) is 2.86. The first-order valence-electron chi connectivity index (χ1n) is 8.13. The number of sulfonamides is 1. The summed E-state index contributed by atoms with van der Waals surface area (Å²) in [6.07, 6.45) is 0. The molecule has 1 atom stereocenters. The highest BCUT2D eigenvalue weighted by molar-refractivity contribution is 7.93. The number of halogens is 2. The second kappa shape index (κ2) is 6.41. The van der Waals surface area contributed by atoms with E-state index in [9.17, 15) is 13.2 Å². The third kappa shape index (κ3) is 2.84. The summed E-state index contributed by atoms with van der Waals surface area (Å²) in [7, 11) is -3.84. The van der Waals surface area contributed by atoms with E-state index in [-0.39, 0.29) is 4.90 Å². The number of amides is 1. The second-order valence-electron chi connectivity index (χ2n) is 6.22. The third-order valence-corrected chi connectivity index (χ3v) is 7.03. The van der Waals surface area contributed by atoms with E-state index in [1.54, 1.807) is 36.4 Å². The fraction of sp³-hybridized carbons (Fsp3) is 0.105. The molecule has 0 saturated carbocycles. The molecular formula is C19H14Cl2N2O3S. The maximum absolute atomic E-state index is 13.1. The lowest BCUT2D eigenvalue weighted by Crippen LogP contribution is -2.44. The molecule has 0 fully saturated rings. The predicted octanol–water partition coefficient (Wildman–Crippen LogP) is 4.68. The van der Waals surface area contributed by atoms with Crippen molar-refractivity contribution < 1.29 is 13.2 Å². The van der Waals surface area contributed by atoms with Gasteiger partial charge >= 0.3 is 0 Å². The molecule has 1 unspecified atom stereocenters. The fourth-order valence-electron chi connectivity index (χ4n) is 3.28. The van der Waals surface area contributed by atoms with Gasteiger partial charge in [0.15, 0.2) is 0 Å². The number of rotatable bonds is 3. The summed E-state index contributed by atoms with van der Waals surface area (Å²) in [4.78, 5) is 13.0. The van der Waals surface area contributed by atoms with E-state index >= 15 is 0 Å². The monoisotopic (exact) mass is 420 g/mol. The summed E-state index contributed by atoms with van der Waals surface area (Å²) in [6, 6.07) is 14.1. The topological polar surface area (TPSA) is 66.5 Å². The van der Waals surface area contributed by atoms with Crippen LogP contribution in [0, 0.1) is 0 Å². The van der Waals surface area contributed by atoms with Gasteiger partial charge in [-0.25, -0.2) is 8.42 Å². The molecule has 0 spiro atoms. The molecule has 3 aromatic rings. The normalized spacial score (nSPS) is 15.7. The van der Waals surface area contributed by atoms with E-state index in [1.807, 2.05) is 12.1 Å². The Hall–Kier alpha value is -2.28. The van der Waals surface area contributed by atoms with Crippen LogP contribution >= 0.6 is 23.2 Å². The Bertz CT molecular complexity index is 1190. The molecule has 5 nitrogen and oxygen atoms in total. The number of anilines is 2. The molecule has 4 rings (SSSR count). The van der Waals surface area contributed by atoms with Gasteiger partial charge in [0.05, 0.1) is 21.3 Å². The van der Waals surface area contributed by atoms with Gasteiger partial charge in [0.25, 0.3) is 10.0 Å². The smallest absolute Gasteiger partial charge is 0.265 e. The van der Waals surface area contributed by atoms with Crippen LogP contribution in [0.4, 0.5) is 11.4 Å². The van der Waals surface area contributed by atoms with Gasteiger partial charge in [-0.3, -0.25) is 9.10 Å². The van der Waals surface area contributed by atoms with Gasteiger partial charge in [-0.2, -0.15) is 0 Å². The number of hydrogen-bond donors (Lipinski definition) is 1. The van der Waals surface area contributed by atoms with Crippen molar-refractivity contribution in [1.29, 1.82) is 0 Å². The predicted molar refractivity (Wildman–Crippen MR) is 108 cm³/mol. The van der Waals surface area contributed by atoms with E-state index in [4.69, 9.17) is 23.2 Å². The summed E-state index contributed by atoms with van der Waals surface area (Å²) < 4.78 is 27.3. The highest BCUT2D eigenvalue weighted by atomic mass is 35.5. The second-order valence-corrected chi connectivity index (χ2v) is 8.85. The van der Waals surface area contributed by atoms with Crippen LogP contribution in [0.1, 0.15) is 6.92 Å². The van der Waals surface area contributed by atoms with Crippen LogP contribution in [-0.4, -0.2) is 20.4 Å². The van der Waals surface area contributed by atoms with Crippen molar-refractivity contribution in [2.75, 3.05) is 9.62 Å². The lowest BCUT2D eigenvalue weighted by atomic mass is 10.1. The Balaban J connectivity index is 1.74. The molecule has 27 heavy (non-hydrogen) atoms. The van der Waals surface area contributed by atoms with E-state index in [0.29, 0.717) is 26.8 Å². The standard InChI is InChI=1S/C19H14Cl2N2O3S/c1-11(19(24)22-15-10-13(20)8-9-14(15)21)23-16-6-2-4-12-5-3-7-17(18(12)16)27(23,25)26/h2-11H,1H3,(H,22,24). The first-order valence-corrected chi connectivity index (χ1v) is 10.3. The minimum atomic E-state index is -3.84. The summed E-state index contributed by atoms with van der Waals surface area (Å²) in [5.74, 6) is -0.507. The third-order valence-electron chi connectivity index (χ3n) is 4.54. The lowest BCUT2D eigenvalue weighted by Gasteiger charge is -2.25. The van der Waals surface area contributed by atoms with Crippen molar-refractivity contribution in [1.82, 2.24) is 0 Å². The molecule has 3 aromatic carbocycles. The van der Waals surface area contributed by atoms with E-state index in [0.717, 1.165) is 9.69 Å². The van der Waals surface area contributed by atoms with Crippen LogP contribution in [0.25, 0.3) is 10.8 Å². The largest absolute Gasteiger partial charge is 0.323 e. The van der Waals surface area contributed by atoms with Crippen LogP contribution in [0.2, 0.25) is 10.0 Å². The first kappa shape index (κ1) is 18.1. The average molecular weight is 421 g/mol. The molecule has 0 aromatic heterocycles. The fourth-order valence-corrected chi connectivity index (χ4v) is 5.48. The molecule has 0 radical (unpaired) electrons. The van der Waals surface area contributed by atoms with Crippen molar-refractivity contribution in [3.05, 3.63) is 64.6 Å². The van der Waals surface area contributed by atoms with Crippen molar-refractivity contribution in [3.8, 4) is 0 Å². The van der Waals surface area contributed by atoms with Crippen molar-refractivity contribution >= 4 is 61.3 Å². The highest BCUT2D eigenvalue weighted by Crippen LogP contribution is 2.43. The van der Waals surface area contributed by atoms with E-state index in [2.05, 4.69) is 5.32 Å². The number of hydrogen-bond acceptors (Lipinski definition) is 3. The number of nitrogens with one attached hydrogen (secondary N) is 1. The Morgan fingerprint density at radius 2 is 1.78 bits per heavy atom. The SMILES string of the molecule is CC(C(=O)Nc1cc(Cl)ccc1Cl)N1c2cccc3cccc(c23)S1(=O)=O. The number of benzene rings is 3. The van der Waals surface area contributed by atoms with Crippen LogP contribution < -0.4 is 9.62 Å². The Morgan fingerprint density at radius 3 is 2.52 bits per heavy atom. The maximum atomic E-state index is 13.1. The maximum Gasteiger partial charge on any atom is 0.265 e. The zero-order valence-corrected chi connectivity index (χ0v) is 16.4. The van der Waals surface area contributed by atoms with Gasteiger partial charge in [-0.15, -0.1) is 0 Å². The van der Waals surface area contributed by atoms with Gasteiger partial charge in [0, 0.05) is 10.4 Å². The van der Waals surface area contributed by atoms with Gasteiger partial charge in [-0.05, 0) is 42.6 Å². The van der Waals surface area contributed by atoms with Crippen molar-refractivity contribution in [2.45, 2.75) is 17.9 Å². The molecule has 0 aliphatic carbocycles. The van der Waals surface area contributed by atoms with Gasteiger partial charge in [0.1, 0.15) is 6.04 Å². The molecule has 1 heterocycles. The Kier molecular flexibility index (Phi) is 4.29. The quantitative estimate of drug-likeness (QED) is 0.668. The molecule has 0 bridgehead atoms. The zero-order chi connectivity index (χ0) is 19.3. The molecule has 1 amide bonds. The lowest BCUT2D eigenvalue weighted by molar-refractivity contribution is -0.116. The Labute approximate surface area is 166 Å². The van der Waals surface area contributed by atoms with Crippen LogP contribution in [0.15, 0.2) is 59.5 Å². The Morgan fingerprint density at radius 1 is 1.07 bits per heavy atom. The zero-order valence-electron chi connectivity index (χ0n) is 14.1.